The minimum atomic E-state index is -1.86. The lowest BCUT2D eigenvalue weighted by Crippen LogP contribution is -2.39. The number of carbonyl (C=O) groups is 1. The van der Waals surface area contributed by atoms with Crippen LogP contribution in [0, 0.1) is 6.57 Å². The molecule has 0 fully saturated rings. The van der Waals surface area contributed by atoms with Crippen LogP contribution < -0.4 is 4.43 Å². The Morgan fingerprint density at radius 1 is 1.17 bits per heavy atom. The highest BCUT2D eigenvalue weighted by atomic mass is 28.4. The molecule has 0 spiro atoms. The number of rotatable bonds is 7. The molecule has 0 N–H and O–H groups in total. The predicted octanol–water partition coefficient (Wildman–Crippen LogP) is 4.58. The van der Waals surface area contributed by atoms with Gasteiger partial charge in [0.05, 0.1) is 6.61 Å². The molecule has 0 aliphatic carbocycles. The van der Waals surface area contributed by atoms with E-state index in [1.165, 1.54) is 0 Å². The zero-order valence-corrected chi connectivity index (χ0v) is 15.3. The number of aliphatic imine (C=N–C) groups is 1. The average molecular weight is 332 g/mol. The Balaban J connectivity index is 3.20. The van der Waals surface area contributed by atoms with Crippen LogP contribution in [0.3, 0.4) is 0 Å². The van der Waals surface area contributed by atoms with Crippen molar-refractivity contribution in [3.63, 3.8) is 0 Å². The van der Waals surface area contributed by atoms with Crippen LogP contribution >= 0.6 is 0 Å². The first kappa shape index (κ1) is 18.9. The second-order valence-electron chi connectivity index (χ2n) is 5.08. The number of nitrogens with zero attached hydrogens (tertiary/aromatic N) is 2. The molecule has 1 rings (SSSR count). The van der Waals surface area contributed by atoms with Crippen molar-refractivity contribution in [3.05, 3.63) is 35.7 Å². The van der Waals surface area contributed by atoms with Gasteiger partial charge in [0.1, 0.15) is 0 Å². The third kappa shape index (κ3) is 4.93. The summed E-state index contributed by atoms with van der Waals surface area (Å²) >= 11 is 0. The van der Waals surface area contributed by atoms with Gasteiger partial charge in [0.25, 0.3) is 8.32 Å². The molecular weight excluding hydrogens is 308 g/mol. The number of esters is 1. The monoisotopic (exact) mass is 332 g/mol. The van der Waals surface area contributed by atoms with E-state index in [2.05, 4.69) is 30.6 Å². The third-order valence-electron chi connectivity index (χ3n) is 3.91. The molecule has 0 aliphatic heterocycles. The highest BCUT2D eigenvalue weighted by Gasteiger charge is 2.32. The molecule has 1 aromatic rings. The minimum Gasteiger partial charge on any atom is -0.541 e. The van der Waals surface area contributed by atoms with Gasteiger partial charge in [0, 0.05) is 0 Å². The fourth-order valence-electron chi connectivity index (χ4n) is 2.26. The van der Waals surface area contributed by atoms with Crippen molar-refractivity contribution in [3.8, 4) is 5.75 Å². The van der Waals surface area contributed by atoms with Crippen molar-refractivity contribution in [2.24, 2.45) is 4.99 Å². The normalized spacial score (nSPS) is 11.7. The standard InChI is InChI=1S/C17H24N2O3Si/c1-6-21-17(20)16(18-5)19-14-12-10-11-13-15(14)22-23(7-2,8-3)9-4/h10-13H,6-9H2,1-4H3. The van der Waals surface area contributed by atoms with Gasteiger partial charge in [-0.1, -0.05) is 39.5 Å². The van der Waals surface area contributed by atoms with Crippen LogP contribution in [0.4, 0.5) is 5.69 Å². The summed E-state index contributed by atoms with van der Waals surface area (Å²) < 4.78 is 11.2. The van der Waals surface area contributed by atoms with E-state index in [1.54, 1.807) is 13.0 Å². The van der Waals surface area contributed by atoms with Crippen molar-refractivity contribution >= 4 is 25.8 Å². The Labute approximate surface area is 139 Å². The molecular formula is C17H24N2O3Si. The summed E-state index contributed by atoms with van der Waals surface area (Å²) in [5.41, 5.74) is 0.499. The summed E-state index contributed by atoms with van der Waals surface area (Å²) in [5.74, 6) is -0.350. The molecule has 0 heterocycles. The number of ether oxygens (including phenoxy) is 1. The van der Waals surface area contributed by atoms with Crippen molar-refractivity contribution in [2.75, 3.05) is 6.61 Å². The molecule has 0 atom stereocenters. The number of hydrogen-bond donors (Lipinski definition) is 0. The molecule has 0 amide bonds. The zero-order valence-electron chi connectivity index (χ0n) is 14.3. The van der Waals surface area contributed by atoms with Gasteiger partial charge in [0.2, 0.25) is 0 Å². The summed E-state index contributed by atoms with van der Waals surface area (Å²) in [6.07, 6.45) is 0. The maximum atomic E-state index is 11.7. The van der Waals surface area contributed by atoms with Crippen LogP contribution in [0.2, 0.25) is 18.1 Å². The lowest BCUT2D eigenvalue weighted by atomic mass is 10.3. The molecule has 6 heteroatoms. The smallest absolute Gasteiger partial charge is 0.356 e. The summed E-state index contributed by atoms with van der Waals surface area (Å²) in [7, 11) is -1.86. The van der Waals surface area contributed by atoms with Gasteiger partial charge in [-0.3, -0.25) is 4.79 Å². The first-order valence-electron chi connectivity index (χ1n) is 7.97. The van der Waals surface area contributed by atoms with Gasteiger partial charge in [-0.15, -0.1) is 4.99 Å². The molecule has 5 nitrogen and oxygen atoms in total. The Bertz CT molecular complexity index is 596. The van der Waals surface area contributed by atoms with Gasteiger partial charge < -0.3 is 14.0 Å². The molecule has 0 bridgehead atoms. The van der Waals surface area contributed by atoms with Crippen molar-refractivity contribution in [1.82, 2.24) is 0 Å². The summed E-state index contributed by atoms with van der Waals surface area (Å²) in [4.78, 5) is 19.1. The summed E-state index contributed by atoms with van der Waals surface area (Å²) in [5, 5.41) is 0. The fraction of sp³-hybridized carbons (Fsp3) is 0.471. The Hall–Kier alpha value is -2.13. The molecule has 0 aliphatic rings. The maximum Gasteiger partial charge on any atom is 0.356 e. The van der Waals surface area contributed by atoms with Crippen LogP contribution in [0.1, 0.15) is 27.7 Å². The van der Waals surface area contributed by atoms with Crippen LogP contribution in [0.25, 0.3) is 4.85 Å². The first-order chi connectivity index (χ1) is 11.1. The van der Waals surface area contributed by atoms with Crippen molar-refractivity contribution in [1.29, 1.82) is 0 Å². The van der Waals surface area contributed by atoms with E-state index in [4.69, 9.17) is 15.7 Å². The third-order valence-corrected chi connectivity index (χ3v) is 8.43. The predicted molar refractivity (Wildman–Crippen MR) is 94.6 cm³/mol. The van der Waals surface area contributed by atoms with E-state index in [1.807, 2.05) is 18.2 Å². The van der Waals surface area contributed by atoms with E-state index in [-0.39, 0.29) is 12.4 Å². The second-order valence-corrected chi connectivity index (χ2v) is 9.77. The van der Waals surface area contributed by atoms with Crippen LogP contribution in [-0.4, -0.2) is 26.7 Å². The number of para-hydroxylation sites is 2. The Kier molecular flexibility index (Phi) is 7.49. The largest absolute Gasteiger partial charge is 0.541 e. The van der Waals surface area contributed by atoms with Crippen LogP contribution in [0.15, 0.2) is 29.3 Å². The second kappa shape index (κ2) is 9.11. The van der Waals surface area contributed by atoms with E-state index in [0.29, 0.717) is 11.4 Å². The molecule has 0 saturated carbocycles. The molecule has 0 aromatic heterocycles. The zero-order chi connectivity index (χ0) is 17.3. The number of benzene rings is 1. The molecule has 124 valence electrons. The molecule has 0 radical (unpaired) electrons. The van der Waals surface area contributed by atoms with Crippen molar-refractivity contribution < 1.29 is 14.0 Å². The highest BCUT2D eigenvalue weighted by molar-refractivity contribution is 6.74. The number of hydrogen-bond acceptors (Lipinski definition) is 4. The van der Waals surface area contributed by atoms with Crippen LogP contribution in [-0.2, 0) is 9.53 Å². The fourth-order valence-corrected chi connectivity index (χ4v) is 4.83. The average Bonchev–Trinajstić information content (AvgIpc) is 2.59. The lowest BCUT2D eigenvalue weighted by Gasteiger charge is -2.28. The van der Waals surface area contributed by atoms with Gasteiger partial charge in [0.15, 0.2) is 11.4 Å². The van der Waals surface area contributed by atoms with Gasteiger partial charge in [-0.05, 0) is 37.2 Å². The minimum absolute atomic E-state index is 0.211. The Morgan fingerprint density at radius 2 is 1.78 bits per heavy atom. The Morgan fingerprint density at radius 3 is 2.30 bits per heavy atom. The summed E-state index contributed by atoms with van der Waals surface area (Å²) in [6, 6.07) is 10.3. The van der Waals surface area contributed by atoms with Crippen LogP contribution in [0.5, 0.6) is 5.75 Å². The van der Waals surface area contributed by atoms with Gasteiger partial charge in [-0.25, -0.2) is 0 Å². The van der Waals surface area contributed by atoms with E-state index < -0.39 is 14.3 Å². The SMILES string of the molecule is [C-]#[N+]C(=Nc1ccccc1O[Si](CC)(CC)CC)C(=O)OCC. The van der Waals surface area contributed by atoms with Gasteiger partial charge in [-0.2, -0.15) is 0 Å². The van der Waals surface area contributed by atoms with E-state index in [0.717, 1.165) is 18.1 Å². The summed E-state index contributed by atoms with van der Waals surface area (Å²) in [6.45, 7) is 15.5. The number of carbonyl (C=O) groups excluding carboxylic acids is 1. The number of amidine groups is 1. The van der Waals surface area contributed by atoms with E-state index >= 15 is 0 Å². The molecule has 1 aromatic carbocycles. The highest BCUT2D eigenvalue weighted by Crippen LogP contribution is 2.33. The van der Waals surface area contributed by atoms with Crippen molar-refractivity contribution in [2.45, 2.75) is 45.8 Å². The van der Waals surface area contributed by atoms with E-state index in [9.17, 15) is 4.79 Å². The quantitative estimate of drug-likeness (QED) is 0.241. The molecule has 23 heavy (non-hydrogen) atoms. The topological polar surface area (TPSA) is 52.2 Å². The van der Waals surface area contributed by atoms with Gasteiger partial charge >= 0.3 is 11.8 Å². The molecule has 0 saturated heterocycles. The first-order valence-corrected chi connectivity index (χ1v) is 10.5. The lowest BCUT2D eigenvalue weighted by molar-refractivity contribution is -0.134. The maximum absolute atomic E-state index is 11.7. The molecule has 0 unspecified atom stereocenters.